The van der Waals surface area contributed by atoms with Crippen LogP contribution in [0.1, 0.15) is 6.42 Å². The number of urea groups is 1. The van der Waals surface area contributed by atoms with Crippen LogP contribution >= 0.6 is 22.6 Å². The van der Waals surface area contributed by atoms with E-state index in [4.69, 9.17) is 0 Å². The average Bonchev–Trinajstić information content (AvgIpc) is 2.68. The predicted octanol–water partition coefficient (Wildman–Crippen LogP) is 1.89. The van der Waals surface area contributed by atoms with E-state index < -0.39 is 0 Å². The lowest BCUT2D eigenvalue weighted by molar-refractivity contribution is 0.176. The molecule has 1 fully saturated rings. The van der Waals surface area contributed by atoms with Crippen molar-refractivity contribution in [3.63, 3.8) is 0 Å². The van der Waals surface area contributed by atoms with E-state index in [1.165, 1.54) is 0 Å². The molecule has 1 saturated heterocycles. The first-order valence-corrected chi connectivity index (χ1v) is 6.22. The quantitative estimate of drug-likeness (QED) is 0.772. The number of β-amino-alcohol motifs (C(OH)–C–C–N with tert-alkyl or cyclic N) is 1. The normalized spacial score (nSPS) is 19.9. The van der Waals surface area contributed by atoms with Crippen molar-refractivity contribution in [3.8, 4) is 0 Å². The molecule has 2 amide bonds. The highest BCUT2D eigenvalue weighted by molar-refractivity contribution is 14.1. The molecule has 0 aliphatic carbocycles. The van der Waals surface area contributed by atoms with Crippen LogP contribution in [0.4, 0.5) is 10.5 Å². The number of halogens is 1. The number of benzene rings is 1. The number of nitrogens with zero attached hydrogens (tertiary/aromatic N) is 1. The number of aliphatic hydroxyl groups is 1. The lowest BCUT2D eigenvalue weighted by atomic mass is 10.3. The van der Waals surface area contributed by atoms with Crippen molar-refractivity contribution in [1.29, 1.82) is 0 Å². The molecular formula is C11H13IN2O2. The number of aliphatic hydroxyl groups excluding tert-OH is 1. The van der Waals surface area contributed by atoms with Crippen LogP contribution < -0.4 is 5.32 Å². The molecule has 2 rings (SSSR count). The molecule has 0 saturated carbocycles. The van der Waals surface area contributed by atoms with Crippen LogP contribution in [0.3, 0.4) is 0 Å². The van der Waals surface area contributed by atoms with Crippen LogP contribution in [0.5, 0.6) is 0 Å². The van der Waals surface area contributed by atoms with Crippen LogP contribution in [-0.4, -0.2) is 35.2 Å². The van der Waals surface area contributed by atoms with E-state index in [2.05, 4.69) is 27.9 Å². The van der Waals surface area contributed by atoms with E-state index >= 15 is 0 Å². The van der Waals surface area contributed by atoms with Gasteiger partial charge in [0.2, 0.25) is 0 Å². The monoisotopic (exact) mass is 332 g/mol. The number of rotatable bonds is 1. The van der Waals surface area contributed by atoms with Crippen molar-refractivity contribution in [3.05, 3.63) is 27.8 Å². The van der Waals surface area contributed by atoms with E-state index in [0.29, 0.717) is 19.5 Å². The molecule has 0 spiro atoms. The molecule has 86 valence electrons. The Hall–Kier alpha value is -0.820. The second-order valence-electron chi connectivity index (χ2n) is 3.83. The number of carbonyl (C=O) groups is 1. The van der Waals surface area contributed by atoms with Crippen molar-refractivity contribution < 1.29 is 9.90 Å². The standard InChI is InChI=1S/C11H13IN2O2/c12-8-1-3-9(4-2-8)13-11(16)14-6-5-10(15)7-14/h1-4,10,15H,5-7H2,(H,13,16). The van der Waals surface area contributed by atoms with E-state index in [1.807, 2.05) is 24.3 Å². The maximum atomic E-state index is 11.7. The molecule has 1 heterocycles. The third kappa shape index (κ3) is 2.85. The predicted molar refractivity (Wildman–Crippen MR) is 70.4 cm³/mol. The fourth-order valence-corrected chi connectivity index (χ4v) is 2.02. The molecule has 4 nitrogen and oxygen atoms in total. The summed E-state index contributed by atoms with van der Waals surface area (Å²) in [5.74, 6) is 0. The summed E-state index contributed by atoms with van der Waals surface area (Å²) < 4.78 is 1.13. The average molecular weight is 332 g/mol. The Labute approximate surface area is 108 Å². The molecule has 1 unspecified atom stereocenters. The summed E-state index contributed by atoms with van der Waals surface area (Å²) in [5.41, 5.74) is 0.784. The minimum atomic E-state index is -0.373. The zero-order chi connectivity index (χ0) is 11.5. The van der Waals surface area contributed by atoms with Crippen LogP contribution in [0.15, 0.2) is 24.3 Å². The summed E-state index contributed by atoms with van der Waals surface area (Å²) in [7, 11) is 0. The number of amides is 2. The maximum Gasteiger partial charge on any atom is 0.321 e. The molecule has 5 heteroatoms. The van der Waals surface area contributed by atoms with Gasteiger partial charge in [-0.05, 0) is 53.3 Å². The van der Waals surface area contributed by atoms with Crippen LogP contribution in [0, 0.1) is 3.57 Å². The molecular weight excluding hydrogens is 319 g/mol. The highest BCUT2D eigenvalue weighted by Crippen LogP contribution is 2.14. The van der Waals surface area contributed by atoms with Gasteiger partial charge in [-0.1, -0.05) is 0 Å². The van der Waals surface area contributed by atoms with Gasteiger partial charge in [-0.15, -0.1) is 0 Å². The van der Waals surface area contributed by atoms with Gasteiger partial charge in [0.15, 0.2) is 0 Å². The van der Waals surface area contributed by atoms with Crippen molar-refractivity contribution in [2.45, 2.75) is 12.5 Å². The highest BCUT2D eigenvalue weighted by atomic mass is 127. The Kier molecular flexibility index (Phi) is 3.65. The Bertz CT molecular complexity index is 380. The van der Waals surface area contributed by atoms with E-state index in [1.54, 1.807) is 4.90 Å². The maximum absolute atomic E-state index is 11.7. The molecule has 1 aromatic rings. The lowest BCUT2D eigenvalue weighted by Crippen LogP contribution is -2.33. The summed E-state index contributed by atoms with van der Waals surface area (Å²) >= 11 is 2.21. The van der Waals surface area contributed by atoms with Crippen molar-refractivity contribution >= 4 is 34.3 Å². The van der Waals surface area contributed by atoms with Gasteiger partial charge in [0, 0.05) is 22.3 Å². The van der Waals surface area contributed by atoms with Gasteiger partial charge in [0.05, 0.1) is 6.10 Å². The molecule has 1 atom stereocenters. The molecule has 1 aromatic carbocycles. The Morgan fingerprint density at radius 3 is 2.69 bits per heavy atom. The first-order chi connectivity index (χ1) is 7.65. The molecule has 1 aliphatic heterocycles. The Morgan fingerprint density at radius 1 is 1.44 bits per heavy atom. The third-order valence-electron chi connectivity index (χ3n) is 2.55. The second kappa shape index (κ2) is 5.01. The van der Waals surface area contributed by atoms with Crippen molar-refractivity contribution in [1.82, 2.24) is 4.90 Å². The molecule has 0 aromatic heterocycles. The Balaban J connectivity index is 1.94. The largest absolute Gasteiger partial charge is 0.391 e. The number of anilines is 1. The third-order valence-corrected chi connectivity index (χ3v) is 3.27. The van der Waals surface area contributed by atoms with E-state index in [-0.39, 0.29) is 12.1 Å². The van der Waals surface area contributed by atoms with E-state index in [9.17, 15) is 9.90 Å². The molecule has 0 radical (unpaired) electrons. The minimum absolute atomic E-state index is 0.141. The van der Waals surface area contributed by atoms with Crippen LogP contribution in [0.25, 0.3) is 0 Å². The molecule has 16 heavy (non-hydrogen) atoms. The summed E-state index contributed by atoms with van der Waals surface area (Å²) in [6.45, 7) is 1.05. The fraction of sp³-hybridized carbons (Fsp3) is 0.364. The summed E-state index contributed by atoms with van der Waals surface area (Å²) in [4.78, 5) is 13.4. The van der Waals surface area contributed by atoms with Crippen LogP contribution in [0.2, 0.25) is 0 Å². The van der Waals surface area contributed by atoms with Gasteiger partial charge < -0.3 is 15.3 Å². The van der Waals surface area contributed by atoms with Gasteiger partial charge in [-0.25, -0.2) is 4.79 Å². The summed E-state index contributed by atoms with van der Waals surface area (Å²) in [6, 6.07) is 7.47. The topological polar surface area (TPSA) is 52.6 Å². The van der Waals surface area contributed by atoms with Gasteiger partial charge in [0.1, 0.15) is 0 Å². The smallest absolute Gasteiger partial charge is 0.321 e. The summed E-state index contributed by atoms with van der Waals surface area (Å²) in [5, 5.41) is 12.1. The number of likely N-dealkylation sites (tertiary alicyclic amines) is 1. The van der Waals surface area contributed by atoms with Crippen molar-refractivity contribution in [2.75, 3.05) is 18.4 Å². The molecule has 1 aliphatic rings. The van der Waals surface area contributed by atoms with Gasteiger partial charge in [0.25, 0.3) is 0 Å². The van der Waals surface area contributed by atoms with Crippen molar-refractivity contribution in [2.24, 2.45) is 0 Å². The number of carbonyl (C=O) groups excluding carboxylic acids is 1. The lowest BCUT2D eigenvalue weighted by Gasteiger charge is -2.16. The molecule has 2 N–H and O–H groups in total. The first-order valence-electron chi connectivity index (χ1n) is 5.15. The minimum Gasteiger partial charge on any atom is -0.391 e. The van der Waals surface area contributed by atoms with Gasteiger partial charge >= 0.3 is 6.03 Å². The zero-order valence-corrected chi connectivity index (χ0v) is 10.8. The number of hydrogen-bond acceptors (Lipinski definition) is 2. The zero-order valence-electron chi connectivity index (χ0n) is 8.69. The fourth-order valence-electron chi connectivity index (χ4n) is 1.66. The second-order valence-corrected chi connectivity index (χ2v) is 5.07. The molecule has 0 bridgehead atoms. The first kappa shape index (κ1) is 11.7. The SMILES string of the molecule is O=C(Nc1ccc(I)cc1)N1CCC(O)C1. The number of nitrogens with one attached hydrogen (secondary N) is 1. The van der Waals surface area contributed by atoms with Gasteiger partial charge in [-0.3, -0.25) is 0 Å². The Morgan fingerprint density at radius 2 is 2.12 bits per heavy atom. The van der Waals surface area contributed by atoms with Crippen LogP contribution in [-0.2, 0) is 0 Å². The number of hydrogen-bond donors (Lipinski definition) is 2. The summed E-state index contributed by atoms with van der Waals surface area (Å²) in [6.07, 6.45) is 0.294. The van der Waals surface area contributed by atoms with Gasteiger partial charge in [-0.2, -0.15) is 0 Å². The highest BCUT2D eigenvalue weighted by Gasteiger charge is 2.24. The van der Waals surface area contributed by atoms with E-state index in [0.717, 1.165) is 9.26 Å².